The van der Waals surface area contributed by atoms with E-state index in [0.717, 1.165) is 27.8 Å². The quantitative estimate of drug-likeness (QED) is 0.463. The van der Waals surface area contributed by atoms with Crippen LogP contribution >= 0.6 is 22.7 Å². The fourth-order valence-electron chi connectivity index (χ4n) is 3.87. The number of aryl methyl sites for hydroxylation is 1. The van der Waals surface area contributed by atoms with Gasteiger partial charge < -0.3 is 0 Å². The van der Waals surface area contributed by atoms with E-state index in [1.54, 1.807) is 45.3 Å². The molecule has 4 nitrogen and oxygen atoms in total. The Morgan fingerprint density at radius 1 is 1.11 bits per heavy atom. The van der Waals surface area contributed by atoms with E-state index in [0.29, 0.717) is 12.1 Å². The van der Waals surface area contributed by atoms with Gasteiger partial charge in [0.25, 0.3) is 0 Å². The van der Waals surface area contributed by atoms with Gasteiger partial charge >= 0.3 is 0 Å². The Labute approximate surface area is 172 Å². The van der Waals surface area contributed by atoms with Crippen LogP contribution in [0.15, 0.2) is 64.3 Å². The Hall–Kier alpha value is -2.06. The molecule has 1 aliphatic rings. The van der Waals surface area contributed by atoms with E-state index >= 15 is 0 Å². The second-order valence-electron chi connectivity index (χ2n) is 6.92. The highest BCUT2D eigenvalue weighted by molar-refractivity contribution is 7.89. The molecule has 0 fully saturated rings. The summed E-state index contributed by atoms with van der Waals surface area (Å²) >= 11 is 3.31. The van der Waals surface area contributed by atoms with E-state index in [4.69, 9.17) is 0 Å². The van der Waals surface area contributed by atoms with Gasteiger partial charge in [-0.1, -0.05) is 18.2 Å². The molecule has 142 valence electrons. The molecule has 0 amide bonds. The standard InChI is InChI=1S/C21H18N2O2S3/c1-14-12-15-4-2-6-19(20(15)22-13-14)28(24,25)23-9-7-17-16(8-11-27-17)21(23)18-5-3-10-26-18/h2-6,8,10-13,21H,7,9H2,1H3. The van der Waals surface area contributed by atoms with Gasteiger partial charge in [-0.25, -0.2) is 8.42 Å². The fourth-order valence-corrected chi connectivity index (χ4v) is 7.45. The van der Waals surface area contributed by atoms with E-state index in [1.807, 2.05) is 36.6 Å². The molecule has 1 aromatic carbocycles. The zero-order valence-electron chi connectivity index (χ0n) is 15.2. The SMILES string of the molecule is Cc1cnc2c(S(=O)(=O)N3CCc4sccc4C3c3cccs3)cccc2c1. The van der Waals surface area contributed by atoms with Crippen LogP contribution in [-0.4, -0.2) is 24.3 Å². The molecule has 3 aromatic heterocycles. The Morgan fingerprint density at radius 2 is 2.00 bits per heavy atom. The number of sulfonamides is 1. The Balaban J connectivity index is 1.69. The Kier molecular flexibility index (Phi) is 4.35. The molecule has 0 spiro atoms. The largest absolute Gasteiger partial charge is 0.255 e. The zero-order chi connectivity index (χ0) is 19.3. The van der Waals surface area contributed by atoms with Gasteiger partial charge in [0.15, 0.2) is 0 Å². The number of fused-ring (bicyclic) bond motifs is 2. The maximum absolute atomic E-state index is 13.8. The minimum atomic E-state index is -3.72. The zero-order valence-corrected chi connectivity index (χ0v) is 17.7. The molecule has 4 heterocycles. The number of benzene rings is 1. The summed E-state index contributed by atoms with van der Waals surface area (Å²) in [6.45, 7) is 2.43. The van der Waals surface area contributed by atoms with E-state index < -0.39 is 10.0 Å². The summed E-state index contributed by atoms with van der Waals surface area (Å²) in [7, 11) is -3.72. The Morgan fingerprint density at radius 3 is 2.82 bits per heavy atom. The minimum absolute atomic E-state index is 0.277. The molecular weight excluding hydrogens is 408 g/mol. The minimum Gasteiger partial charge on any atom is -0.255 e. The number of thiophene rings is 2. The number of aromatic nitrogens is 1. The van der Waals surface area contributed by atoms with E-state index in [1.165, 1.54) is 4.88 Å². The number of para-hydroxylation sites is 1. The molecular formula is C21H18N2O2S3. The molecule has 1 unspecified atom stereocenters. The molecule has 28 heavy (non-hydrogen) atoms. The van der Waals surface area contributed by atoms with Crippen LogP contribution in [-0.2, 0) is 16.4 Å². The third-order valence-corrected chi connectivity index (χ3v) is 8.95. The van der Waals surface area contributed by atoms with Crippen molar-refractivity contribution in [2.45, 2.75) is 24.3 Å². The maximum Gasteiger partial charge on any atom is 0.246 e. The summed E-state index contributed by atoms with van der Waals surface area (Å²) in [6.07, 6.45) is 2.47. The van der Waals surface area contributed by atoms with Gasteiger partial charge in [0.1, 0.15) is 4.90 Å². The maximum atomic E-state index is 13.8. The van der Waals surface area contributed by atoms with Gasteiger partial charge in [0, 0.05) is 27.9 Å². The monoisotopic (exact) mass is 426 g/mol. The molecule has 0 saturated heterocycles. The van der Waals surface area contributed by atoms with E-state index in [9.17, 15) is 8.42 Å². The molecule has 1 aliphatic heterocycles. The molecule has 5 rings (SSSR count). The second-order valence-corrected chi connectivity index (χ2v) is 10.8. The van der Waals surface area contributed by atoms with E-state index in [-0.39, 0.29) is 10.9 Å². The summed E-state index contributed by atoms with van der Waals surface area (Å²) in [5.74, 6) is 0. The van der Waals surface area contributed by atoms with Gasteiger partial charge in [-0.3, -0.25) is 4.98 Å². The van der Waals surface area contributed by atoms with Crippen LogP contribution < -0.4 is 0 Å². The molecule has 0 aliphatic carbocycles. The van der Waals surface area contributed by atoms with Crippen molar-refractivity contribution >= 4 is 43.6 Å². The summed E-state index contributed by atoms with van der Waals surface area (Å²) in [4.78, 5) is 7.07. The van der Waals surface area contributed by atoms with Crippen molar-refractivity contribution in [1.29, 1.82) is 0 Å². The summed E-state index contributed by atoms with van der Waals surface area (Å²) in [5, 5.41) is 4.91. The lowest BCUT2D eigenvalue weighted by Crippen LogP contribution is -2.39. The average Bonchev–Trinajstić information content (AvgIpc) is 3.38. The summed E-state index contributed by atoms with van der Waals surface area (Å²) in [6, 6.07) is 13.2. The molecule has 0 saturated carbocycles. The first-order valence-corrected chi connectivity index (χ1v) is 12.2. The highest BCUT2D eigenvalue weighted by atomic mass is 32.2. The molecule has 0 bridgehead atoms. The van der Waals surface area contributed by atoms with Crippen LogP contribution in [0.3, 0.4) is 0 Å². The first-order chi connectivity index (χ1) is 13.6. The topological polar surface area (TPSA) is 50.3 Å². The number of hydrogen-bond acceptors (Lipinski definition) is 5. The van der Waals surface area contributed by atoms with Crippen LogP contribution in [0.4, 0.5) is 0 Å². The highest BCUT2D eigenvalue weighted by Gasteiger charge is 2.39. The predicted molar refractivity (Wildman–Crippen MR) is 115 cm³/mol. The number of hydrogen-bond donors (Lipinski definition) is 0. The Bertz CT molecular complexity index is 1260. The lowest BCUT2D eigenvalue weighted by atomic mass is 10.0. The highest BCUT2D eigenvalue weighted by Crippen LogP contribution is 2.42. The van der Waals surface area contributed by atoms with Gasteiger partial charge in [-0.15, -0.1) is 22.7 Å². The first kappa shape index (κ1) is 18.0. The van der Waals surface area contributed by atoms with Gasteiger partial charge in [-0.2, -0.15) is 4.31 Å². The van der Waals surface area contributed by atoms with Crippen molar-refractivity contribution in [2.24, 2.45) is 0 Å². The van der Waals surface area contributed by atoms with Crippen molar-refractivity contribution in [2.75, 3.05) is 6.54 Å². The lowest BCUT2D eigenvalue weighted by Gasteiger charge is -2.34. The molecule has 7 heteroatoms. The van der Waals surface area contributed by atoms with Crippen LogP contribution in [0.2, 0.25) is 0 Å². The van der Waals surface area contributed by atoms with Crippen molar-refractivity contribution in [1.82, 2.24) is 9.29 Å². The van der Waals surface area contributed by atoms with Crippen LogP contribution in [0, 0.1) is 6.92 Å². The molecule has 4 aromatic rings. The van der Waals surface area contributed by atoms with Crippen molar-refractivity contribution in [3.05, 3.63) is 80.3 Å². The van der Waals surface area contributed by atoms with Crippen molar-refractivity contribution in [3.8, 4) is 0 Å². The fraction of sp³-hybridized carbons (Fsp3) is 0.190. The smallest absolute Gasteiger partial charge is 0.246 e. The number of nitrogens with zero attached hydrogens (tertiary/aromatic N) is 2. The summed E-state index contributed by atoms with van der Waals surface area (Å²) in [5.41, 5.74) is 2.65. The first-order valence-electron chi connectivity index (χ1n) is 9.02. The number of pyridine rings is 1. The summed E-state index contributed by atoms with van der Waals surface area (Å²) < 4.78 is 29.3. The van der Waals surface area contributed by atoms with Crippen molar-refractivity contribution in [3.63, 3.8) is 0 Å². The van der Waals surface area contributed by atoms with Crippen LogP contribution in [0.25, 0.3) is 10.9 Å². The third-order valence-electron chi connectivity index (χ3n) is 5.13. The van der Waals surface area contributed by atoms with Gasteiger partial charge in [0.2, 0.25) is 10.0 Å². The third kappa shape index (κ3) is 2.81. The normalized spacial score (nSPS) is 17.7. The molecule has 0 N–H and O–H groups in total. The van der Waals surface area contributed by atoms with E-state index in [2.05, 4.69) is 16.4 Å². The van der Waals surface area contributed by atoms with Crippen LogP contribution in [0.1, 0.15) is 26.9 Å². The number of rotatable bonds is 3. The molecule has 0 radical (unpaired) electrons. The van der Waals surface area contributed by atoms with Gasteiger partial charge in [-0.05, 0) is 59.5 Å². The van der Waals surface area contributed by atoms with Crippen molar-refractivity contribution < 1.29 is 8.42 Å². The lowest BCUT2D eigenvalue weighted by molar-refractivity contribution is 0.350. The van der Waals surface area contributed by atoms with Crippen LogP contribution in [0.5, 0.6) is 0 Å². The second kappa shape index (κ2) is 6.77. The predicted octanol–water partition coefficient (Wildman–Crippen LogP) is 5.00. The molecule has 1 atom stereocenters. The van der Waals surface area contributed by atoms with Gasteiger partial charge in [0.05, 0.1) is 11.6 Å². The average molecular weight is 427 g/mol.